The SMILES string of the molecule is C[C@@H]1CN(c2ccc3c(c2)OCO3)CCN1C(=O)C(=O)Nc1ccc2c(c1)OC(=O)C2. The molecule has 9 nitrogen and oxygen atoms in total. The second-order valence-corrected chi connectivity index (χ2v) is 7.76. The third-order valence-electron chi connectivity index (χ3n) is 5.69. The van der Waals surface area contributed by atoms with Crippen LogP contribution >= 0.6 is 0 Å². The van der Waals surface area contributed by atoms with E-state index in [0.717, 1.165) is 17.0 Å². The minimum Gasteiger partial charge on any atom is -0.454 e. The summed E-state index contributed by atoms with van der Waals surface area (Å²) in [5.41, 5.74) is 2.17. The van der Waals surface area contributed by atoms with E-state index in [9.17, 15) is 14.4 Å². The van der Waals surface area contributed by atoms with E-state index in [1.807, 2.05) is 25.1 Å². The zero-order valence-electron chi connectivity index (χ0n) is 16.9. The second-order valence-electron chi connectivity index (χ2n) is 7.76. The number of carbonyl (C=O) groups excluding carboxylic acids is 3. The molecule has 0 bridgehead atoms. The van der Waals surface area contributed by atoms with Crippen LogP contribution in [-0.2, 0) is 20.8 Å². The van der Waals surface area contributed by atoms with Gasteiger partial charge in [0, 0.05) is 54.7 Å². The molecule has 3 heterocycles. The predicted molar refractivity (Wildman–Crippen MR) is 110 cm³/mol. The standard InChI is InChI=1S/C22H21N3O6/c1-13-11-24(16-4-5-17-19(10-16)30-12-29-17)6-7-25(13)22(28)21(27)23-15-3-2-14-8-20(26)31-18(14)9-15/h2-5,9-10,13H,6-8,11-12H2,1H3,(H,23,27)/t13-/m1/s1. The van der Waals surface area contributed by atoms with Gasteiger partial charge in [-0.15, -0.1) is 0 Å². The number of esters is 1. The van der Waals surface area contributed by atoms with E-state index < -0.39 is 11.8 Å². The molecule has 2 amide bonds. The third kappa shape index (κ3) is 3.63. The molecule has 9 heteroatoms. The molecule has 160 valence electrons. The molecule has 0 radical (unpaired) electrons. The monoisotopic (exact) mass is 423 g/mol. The van der Waals surface area contributed by atoms with Crippen molar-refractivity contribution in [1.29, 1.82) is 0 Å². The van der Waals surface area contributed by atoms with E-state index in [2.05, 4.69) is 10.2 Å². The maximum atomic E-state index is 12.8. The summed E-state index contributed by atoms with van der Waals surface area (Å²) in [6, 6.07) is 10.6. The number of hydrogen-bond donors (Lipinski definition) is 1. The first-order valence-electron chi connectivity index (χ1n) is 10.1. The van der Waals surface area contributed by atoms with Gasteiger partial charge in [-0.2, -0.15) is 0 Å². The number of benzene rings is 2. The lowest BCUT2D eigenvalue weighted by molar-refractivity contribution is -0.144. The van der Waals surface area contributed by atoms with Crippen LogP contribution in [0.2, 0.25) is 0 Å². The van der Waals surface area contributed by atoms with Crippen molar-refractivity contribution in [3.05, 3.63) is 42.0 Å². The molecule has 5 rings (SSSR count). The van der Waals surface area contributed by atoms with Crippen molar-refractivity contribution < 1.29 is 28.6 Å². The lowest BCUT2D eigenvalue weighted by atomic mass is 10.1. The van der Waals surface area contributed by atoms with Crippen LogP contribution in [0.25, 0.3) is 0 Å². The van der Waals surface area contributed by atoms with Gasteiger partial charge in [0.2, 0.25) is 6.79 Å². The van der Waals surface area contributed by atoms with Crippen LogP contribution in [0.1, 0.15) is 12.5 Å². The zero-order chi connectivity index (χ0) is 21.5. The number of piperazine rings is 1. The van der Waals surface area contributed by atoms with Gasteiger partial charge >= 0.3 is 17.8 Å². The Labute approximate surface area is 178 Å². The van der Waals surface area contributed by atoms with Crippen LogP contribution < -0.4 is 24.4 Å². The molecular formula is C22H21N3O6. The number of carbonyl (C=O) groups is 3. The van der Waals surface area contributed by atoms with Crippen LogP contribution in [0.5, 0.6) is 17.2 Å². The van der Waals surface area contributed by atoms with E-state index in [4.69, 9.17) is 14.2 Å². The first kappa shape index (κ1) is 19.2. The summed E-state index contributed by atoms with van der Waals surface area (Å²) in [5, 5.41) is 2.61. The van der Waals surface area contributed by atoms with Crippen LogP contribution in [0.4, 0.5) is 11.4 Å². The van der Waals surface area contributed by atoms with Crippen LogP contribution in [-0.4, -0.2) is 55.2 Å². The molecule has 1 atom stereocenters. The summed E-state index contributed by atoms with van der Waals surface area (Å²) >= 11 is 0. The first-order chi connectivity index (χ1) is 15.0. The molecule has 3 aliphatic heterocycles. The molecule has 1 N–H and O–H groups in total. The molecule has 0 unspecified atom stereocenters. The fraction of sp³-hybridized carbons (Fsp3) is 0.318. The van der Waals surface area contributed by atoms with Gasteiger partial charge in [-0.25, -0.2) is 0 Å². The van der Waals surface area contributed by atoms with Crippen LogP contribution in [0.15, 0.2) is 36.4 Å². The number of anilines is 2. The smallest absolute Gasteiger partial charge is 0.315 e. The number of nitrogens with zero attached hydrogens (tertiary/aromatic N) is 2. The number of amides is 2. The molecular weight excluding hydrogens is 402 g/mol. The Morgan fingerprint density at radius 3 is 2.71 bits per heavy atom. The van der Waals surface area contributed by atoms with Crippen molar-refractivity contribution in [2.24, 2.45) is 0 Å². The molecule has 3 aliphatic rings. The van der Waals surface area contributed by atoms with Crippen molar-refractivity contribution in [3.8, 4) is 17.2 Å². The van der Waals surface area contributed by atoms with Gasteiger partial charge in [0.05, 0.1) is 6.42 Å². The molecule has 2 aromatic carbocycles. The Morgan fingerprint density at radius 1 is 1.03 bits per heavy atom. The van der Waals surface area contributed by atoms with E-state index in [1.54, 1.807) is 23.1 Å². The van der Waals surface area contributed by atoms with Gasteiger partial charge in [-0.3, -0.25) is 14.4 Å². The van der Waals surface area contributed by atoms with Gasteiger partial charge < -0.3 is 29.3 Å². The summed E-state index contributed by atoms with van der Waals surface area (Å²) in [6.07, 6.45) is 0.216. The Bertz CT molecular complexity index is 1080. The lowest BCUT2D eigenvalue weighted by Gasteiger charge is -2.40. The number of ether oxygens (including phenoxy) is 3. The second kappa shape index (κ2) is 7.50. The molecule has 1 saturated heterocycles. The van der Waals surface area contributed by atoms with Crippen molar-refractivity contribution in [1.82, 2.24) is 4.90 Å². The Hall–Kier alpha value is -3.75. The minimum atomic E-state index is -0.715. The maximum absolute atomic E-state index is 12.8. The topological polar surface area (TPSA) is 97.4 Å². The molecule has 1 fully saturated rings. The normalized spacial score (nSPS) is 19.1. The summed E-state index contributed by atoms with van der Waals surface area (Å²) in [5.74, 6) is 0.222. The summed E-state index contributed by atoms with van der Waals surface area (Å²) in [7, 11) is 0. The predicted octanol–water partition coefficient (Wildman–Crippen LogP) is 1.55. The van der Waals surface area contributed by atoms with E-state index in [-0.39, 0.29) is 25.2 Å². The number of nitrogens with one attached hydrogen (secondary N) is 1. The maximum Gasteiger partial charge on any atom is 0.315 e. The highest BCUT2D eigenvalue weighted by atomic mass is 16.7. The number of fused-ring (bicyclic) bond motifs is 2. The average molecular weight is 423 g/mol. The summed E-state index contributed by atoms with van der Waals surface area (Å²) < 4.78 is 15.9. The number of rotatable bonds is 2. The molecule has 2 aromatic rings. The van der Waals surface area contributed by atoms with Crippen molar-refractivity contribution in [2.75, 3.05) is 36.6 Å². The van der Waals surface area contributed by atoms with Crippen molar-refractivity contribution in [3.63, 3.8) is 0 Å². The van der Waals surface area contributed by atoms with E-state index in [1.165, 1.54) is 0 Å². The highest BCUT2D eigenvalue weighted by Gasteiger charge is 2.32. The van der Waals surface area contributed by atoms with Gasteiger partial charge in [0.15, 0.2) is 11.5 Å². The highest BCUT2D eigenvalue weighted by Crippen LogP contribution is 2.36. The fourth-order valence-corrected chi connectivity index (χ4v) is 4.08. The summed E-state index contributed by atoms with van der Waals surface area (Å²) in [6.45, 7) is 3.74. The molecule has 0 spiro atoms. The van der Waals surface area contributed by atoms with Crippen molar-refractivity contribution >= 4 is 29.2 Å². The fourth-order valence-electron chi connectivity index (χ4n) is 4.08. The lowest BCUT2D eigenvalue weighted by Crippen LogP contribution is -2.56. The Kier molecular flexibility index (Phi) is 4.65. The number of hydrogen-bond acceptors (Lipinski definition) is 7. The van der Waals surface area contributed by atoms with Gasteiger partial charge in [0.1, 0.15) is 5.75 Å². The van der Waals surface area contributed by atoms with Crippen LogP contribution in [0, 0.1) is 0 Å². The van der Waals surface area contributed by atoms with Gasteiger partial charge in [0.25, 0.3) is 0 Å². The van der Waals surface area contributed by atoms with E-state index in [0.29, 0.717) is 36.8 Å². The third-order valence-corrected chi connectivity index (χ3v) is 5.69. The molecule has 31 heavy (non-hydrogen) atoms. The van der Waals surface area contributed by atoms with E-state index >= 15 is 0 Å². The van der Waals surface area contributed by atoms with Crippen LogP contribution in [0.3, 0.4) is 0 Å². The summed E-state index contributed by atoms with van der Waals surface area (Å²) in [4.78, 5) is 40.4. The van der Waals surface area contributed by atoms with Crippen molar-refractivity contribution in [2.45, 2.75) is 19.4 Å². The molecule has 0 saturated carbocycles. The van der Waals surface area contributed by atoms with Gasteiger partial charge in [-0.1, -0.05) is 6.07 Å². The Balaban J connectivity index is 1.22. The quantitative estimate of drug-likeness (QED) is 0.445. The molecule has 0 aromatic heterocycles. The molecule has 0 aliphatic carbocycles. The highest BCUT2D eigenvalue weighted by molar-refractivity contribution is 6.39. The minimum absolute atomic E-state index is 0.154. The first-order valence-corrected chi connectivity index (χ1v) is 10.1. The zero-order valence-corrected chi connectivity index (χ0v) is 16.9. The largest absolute Gasteiger partial charge is 0.454 e. The Morgan fingerprint density at radius 2 is 1.87 bits per heavy atom. The van der Waals surface area contributed by atoms with Gasteiger partial charge in [-0.05, 0) is 25.1 Å². The average Bonchev–Trinajstić information content (AvgIpc) is 3.37.